The number of nitrogens with zero attached hydrogens (tertiary/aromatic N) is 1. The number of phenolic OH excluding ortho intramolecular Hbond substituents is 2. The van der Waals surface area contributed by atoms with Crippen LogP contribution in [0, 0.1) is 22.0 Å². The molecule has 0 fully saturated rings. The number of hydrogen-bond donors (Lipinski definition) is 4. The third kappa shape index (κ3) is 59.3. The van der Waals surface area contributed by atoms with Gasteiger partial charge in [0.1, 0.15) is 35.4 Å². The van der Waals surface area contributed by atoms with E-state index in [1.807, 2.05) is 115 Å². The van der Waals surface area contributed by atoms with E-state index in [0.717, 1.165) is 46.0 Å². The monoisotopic (exact) mass is 2030 g/mol. The Morgan fingerprint density at radius 2 is 0.487 bits per heavy atom. The van der Waals surface area contributed by atoms with Crippen molar-refractivity contribution >= 4 is 38.6 Å². The molecule has 0 aliphatic heterocycles. The lowest BCUT2D eigenvalue weighted by Gasteiger charge is -2.08. The number of aromatic hydroxyl groups is 2. The van der Waals surface area contributed by atoms with Crippen LogP contribution in [0.5, 0.6) is 28.7 Å². The highest BCUT2D eigenvalue weighted by Crippen LogP contribution is 2.30. The van der Waals surface area contributed by atoms with E-state index in [-0.39, 0.29) is 19.5 Å². The molecule has 0 saturated carbocycles. The van der Waals surface area contributed by atoms with Gasteiger partial charge in [-0.15, -0.1) is 0 Å². The minimum absolute atomic E-state index is 0. The molecule has 0 bridgehead atoms. The molecule has 0 atom stereocenters. The summed E-state index contributed by atoms with van der Waals surface area (Å²) in [6, 6.07) is 123. The Morgan fingerprint density at radius 3 is 0.713 bits per heavy atom. The van der Waals surface area contributed by atoms with Crippen LogP contribution in [0.2, 0.25) is 0 Å². The van der Waals surface area contributed by atoms with E-state index in [1.54, 1.807) is 50.6 Å². The first-order valence-corrected chi connectivity index (χ1v) is 54.5. The number of phenols is 2. The van der Waals surface area contributed by atoms with Gasteiger partial charge in [-0.3, -0.25) is 10.1 Å². The summed E-state index contributed by atoms with van der Waals surface area (Å²) in [6.07, 6.45) is 8.29. The van der Waals surface area contributed by atoms with Gasteiger partial charge in [0, 0.05) is 24.9 Å². The van der Waals surface area contributed by atoms with Crippen LogP contribution < -0.4 is 25.7 Å². The van der Waals surface area contributed by atoms with Crippen LogP contribution in [-0.2, 0) is 6.61 Å². The fourth-order valence-corrected chi connectivity index (χ4v) is 14.5. The number of anilines is 2. The first kappa shape index (κ1) is 135. The highest BCUT2D eigenvalue weighted by Gasteiger charge is 2.10. The van der Waals surface area contributed by atoms with Crippen molar-refractivity contribution < 1.29 is 30.8 Å². The van der Waals surface area contributed by atoms with Gasteiger partial charge in [-0.1, -0.05) is 527 Å². The van der Waals surface area contributed by atoms with Crippen molar-refractivity contribution in [2.24, 2.45) is 11.8 Å². The first-order chi connectivity index (χ1) is 70.9. The maximum Gasteiger partial charge on any atom is 0.269 e. The number of nitrogens with two attached hydrogens (primary N) is 2. The van der Waals surface area contributed by atoms with Gasteiger partial charge in [0.15, 0.2) is 0 Å². The second-order valence-electron chi connectivity index (χ2n) is 42.1. The van der Waals surface area contributed by atoms with Crippen molar-refractivity contribution in [3.63, 3.8) is 0 Å². The summed E-state index contributed by atoms with van der Waals surface area (Å²) in [7, 11) is 3.37. The number of rotatable bonds is 24. The maximum absolute atomic E-state index is 10.3. The van der Waals surface area contributed by atoms with Crippen molar-refractivity contribution in [2.75, 3.05) is 25.7 Å². The molecule has 0 aliphatic rings. The van der Waals surface area contributed by atoms with Crippen molar-refractivity contribution in [3.05, 3.63) is 452 Å². The smallest absolute Gasteiger partial charge is 0.269 e. The second-order valence-corrected chi connectivity index (χ2v) is 42.1. The van der Waals surface area contributed by atoms with Gasteiger partial charge in [-0.2, -0.15) is 0 Å². The summed E-state index contributed by atoms with van der Waals surface area (Å²) in [4.78, 5) is 9.90. The number of nitrogen functional groups attached to an aromatic ring is 2. The largest absolute Gasteiger partial charge is 0.508 e. The van der Waals surface area contributed by atoms with Crippen LogP contribution in [0.1, 0.15) is 398 Å². The SMILES string of the molecule is C.CC(C)c1ccc(N)cc1.CC(C)c1ccc(N)cc1.CC(C)c1ccc(O)cc1.CC(C)c1ccc(O)cc1.CC(C)c1ccc(OCc2ccccc2)cc1.CC(C)c1ccc([N+](=O)[O-])cc1.CC(C)c1cccc2ccccc12.CC(C)c1cccc2ccccc12.CC(C)c1ccccc1.CC(C)c1ccccc1.CCCCC(C)C.CCCCC(C)C.COc1ccc(C(C)C)cc1.COc1ccc(C(C)C)cc1.[HH]. The van der Waals surface area contributed by atoms with E-state index < -0.39 is 0 Å². The normalized spacial score (nSPS) is 10.3. The van der Waals surface area contributed by atoms with Crippen LogP contribution in [0.25, 0.3) is 21.5 Å². The fraction of sp³-hybridized carbons (Fsp3) is 0.386. The van der Waals surface area contributed by atoms with E-state index in [1.165, 1.54) is 139 Å². The summed E-state index contributed by atoms with van der Waals surface area (Å²) >= 11 is 0. The zero-order valence-corrected chi connectivity index (χ0v) is 97.3. The Kier molecular flexibility index (Phi) is 70.2. The Bertz CT molecular complexity index is 5440. The lowest BCUT2D eigenvalue weighted by atomic mass is 9.96. The van der Waals surface area contributed by atoms with Gasteiger partial charge in [-0.05, 0) is 262 Å². The third-order valence-corrected chi connectivity index (χ3v) is 24.5. The van der Waals surface area contributed by atoms with E-state index in [9.17, 15) is 10.1 Å². The molecule has 150 heavy (non-hydrogen) atoms. The summed E-state index contributed by atoms with van der Waals surface area (Å²) in [6.45, 7) is 66.4. The third-order valence-electron chi connectivity index (χ3n) is 24.5. The molecule has 10 nitrogen and oxygen atoms in total. The number of non-ortho nitro benzene ring substituents is 1. The van der Waals surface area contributed by atoms with Crippen LogP contribution >= 0.6 is 0 Å². The summed E-state index contributed by atoms with van der Waals surface area (Å²) < 4.78 is 15.8. The molecule has 0 saturated heterocycles. The molecule has 814 valence electrons. The first-order valence-electron chi connectivity index (χ1n) is 54.5. The quantitative estimate of drug-likeness (QED) is 0.0262. The van der Waals surface area contributed by atoms with E-state index >= 15 is 0 Å². The van der Waals surface area contributed by atoms with Crippen molar-refractivity contribution in [2.45, 2.75) is 331 Å². The molecule has 0 radical (unpaired) electrons. The summed E-state index contributed by atoms with van der Waals surface area (Å²) in [5.41, 5.74) is 30.2. The lowest BCUT2D eigenvalue weighted by molar-refractivity contribution is -0.384. The number of unbranched alkanes of at least 4 members (excludes halogenated alkanes) is 2. The number of hydrogen-bond acceptors (Lipinski definition) is 9. The predicted molar refractivity (Wildman–Crippen MR) is 662 cm³/mol. The number of benzene rings is 15. The van der Waals surface area contributed by atoms with E-state index in [4.69, 9.17) is 35.9 Å². The topological polar surface area (TPSA) is 163 Å². The Morgan fingerprint density at radius 1 is 0.267 bits per heavy atom. The van der Waals surface area contributed by atoms with Gasteiger partial charge in [0.05, 0.1) is 19.1 Å². The molecule has 15 rings (SSSR count). The standard InChI is InChI=1S/C16H18O.2C13H14.2C10H14O.C9H11NO2.2C9H13N.2C9H12O.2C9H12.2C7H16.CH4.H2/c1-13(2)15-8-10-16(11-9-15)17-12-14-6-4-3-5-7-14;2*1-10(2)12-9-5-7-11-6-3-4-8-13(11)12;2*1-8(2)9-4-6-10(11-3)7-5-9;1-7(2)8-3-5-9(6-4-8)10(11)12;4*1-7(2)8-3-5-9(10)6-4-8;2*1-8(2)9-6-4-3-5-7-9;2*1-4-5-6-7(2)3;;/h3-11,13H,12H2,1-2H3;2*3-10H,1-2H3;2*4-8H,1-3H3;3-7H,1-2H3;2*3-7H,10H2,1-2H3;2*3-7,10H,1-2H3;2*3-8H,1-2H3;2*7H,4-6H2,1-3H3;1H4;1H. The average Bonchev–Trinajstić information content (AvgIpc) is 0.822. The molecule has 0 aromatic heterocycles. The van der Waals surface area contributed by atoms with E-state index in [2.05, 4.69) is 414 Å². The van der Waals surface area contributed by atoms with Crippen LogP contribution in [0.3, 0.4) is 0 Å². The molecular formula is C140H197N3O7. The molecule has 0 amide bonds. The van der Waals surface area contributed by atoms with Crippen molar-refractivity contribution in [3.8, 4) is 28.7 Å². The fourth-order valence-electron chi connectivity index (χ4n) is 14.5. The van der Waals surface area contributed by atoms with E-state index in [0.29, 0.717) is 89.1 Å². The molecule has 15 aromatic carbocycles. The number of nitro benzene ring substituents is 1. The van der Waals surface area contributed by atoms with Crippen molar-refractivity contribution in [1.29, 1.82) is 0 Å². The Balaban J connectivity index is 0.00000161. The molecule has 0 heterocycles. The van der Waals surface area contributed by atoms with Crippen LogP contribution in [0.15, 0.2) is 370 Å². The van der Waals surface area contributed by atoms with Crippen LogP contribution in [0.4, 0.5) is 17.1 Å². The zero-order chi connectivity index (χ0) is 111. The molecule has 0 aliphatic carbocycles. The zero-order valence-electron chi connectivity index (χ0n) is 97.3. The van der Waals surface area contributed by atoms with Gasteiger partial charge in [0.25, 0.3) is 5.69 Å². The van der Waals surface area contributed by atoms with Gasteiger partial charge >= 0.3 is 0 Å². The van der Waals surface area contributed by atoms with Crippen LogP contribution in [-0.4, -0.2) is 29.4 Å². The summed E-state index contributed by atoms with van der Waals surface area (Å²) in [5.74, 6) is 12.2. The average molecular weight is 2030 g/mol. The van der Waals surface area contributed by atoms with Gasteiger partial charge < -0.3 is 35.9 Å². The number of ether oxygens (including phenoxy) is 3. The highest BCUT2D eigenvalue weighted by molar-refractivity contribution is 5.87. The highest BCUT2D eigenvalue weighted by atomic mass is 16.6. The predicted octanol–water partition coefficient (Wildman–Crippen LogP) is 42.7. The van der Waals surface area contributed by atoms with Crippen molar-refractivity contribution in [1.82, 2.24) is 0 Å². The lowest BCUT2D eigenvalue weighted by Crippen LogP contribution is -1.95. The molecule has 6 N–H and O–H groups in total. The van der Waals surface area contributed by atoms with Gasteiger partial charge in [0.2, 0.25) is 0 Å². The Labute approximate surface area is 913 Å². The molecular weight excluding hydrogens is 1840 g/mol. The molecule has 10 heteroatoms. The minimum Gasteiger partial charge on any atom is -0.508 e. The Hall–Kier alpha value is -13.2. The number of nitro groups is 1. The maximum atomic E-state index is 10.3. The molecule has 0 unspecified atom stereocenters. The van der Waals surface area contributed by atoms with Gasteiger partial charge in [-0.25, -0.2) is 0 Å². The molecule has 0 spiro atoms. The minimum atomic E-state index is -0.385. The summed E-state index contributed by atoms with van der Waals surface area (Å²) in [5, 5.41) is 33.6. The number of methoxy groups -OCH3 is 2. The molecule has 15 aromatic rings. The second kappa shape index (κ2) is 78.1. The number of fused-ring (bicyclic) bond motifs is 2.